The van der Waals surface area contributed by atoms with Gasteiger partial charge in [0, 0.05) is 5.02 Å². The molecule has 13 heavy (non-hydrogen) atoms. The second kappa shape index (κ2) is 3.75. The number of aliphatic carboxylic acids is 1. The number of hydrogen-bond acceptors (Lipinski definition) is 1. The molecule has 0 radical (unpaired) electrons. The molecule has 0 fully saturated rings. The summed E-state index contributed by atoms with van der Waals surface area (Å²) in [5.74, 6) is -1.42. The van der Waals surface area contributed by atoms with E-state index in [4.69, 9.17) is 16.7 Å². The van der Waals surface area contributed by atoms with E-state index in [-0.39, 0.29) is 11.4 Å². The topological polar surface area (TPSA) is 37.3 Å². The van der Waals surface area contributed by atoms with E-state index in [2.05, 4.69) is 0 Å². The largest absolute Gasteiger partial charge is 0.481 e. The fraction of sp³-hybridized carbons (Fsp3) is 0.222. The Bertz CT molecular complexity index is 326. The van der Waals surface area contributed by atoms with Gasteiger partial charge in [-0.2, -0.15) is 0 Å². The lowest BCUT2D eigenvalue weighted by molar-refractivity contribution is -0.136. The molecule has 0 bridgehead atoms. The van der Waals surface area contributed by atoms with E-state index in [1.54, 1.807) is 6.92 Å². The van der Waals surface area contributed by atoms with Crippen molar-refractivity contribution in [3.8, 4) is 0 Å². The molecule has 0 unspecified atom stereocenters. The van der Waals surface area contributed by atoms with Crippen molar-refractivity contribution in [2.45, 2.75) is 13.3 Å². The average Bonchev–Trinajstić information content (AvgIpc) is 1.96. The van der Waals surface area contributed by atoms with Crippen LogP contribution in [0.2, 0.25) is 5.02 Å². The van der Waals surface area contributed by atoms with Crippen LogP contribution in [-0.4, -0.2) is 11.1 Å². The van der Waals surface area contributed by atoms with Crippen molar-refractivity contribution in [3.05, 3.63) is 34.1 Å². The molecule has 1 aromatic rings. The lowest BCUT2D eigenvalue weighted by atomic mass is 10.1. The molecule has 1 rings (SSSR count). The van der Waals surface area contributed by atoms with Crippen molar-refractivity contribution in [3.63, 3.8) is 0 Å². The third-order valence-electron chi connectivity index (χ3n) is 1.71. The fourth-order valence-corrected chi connectivity index (χ4v) is 1.43. The van der Waals surface area contributed by atoms with Gasteiger partial charge < -0.3 is 5.11 Å². The highest BCUT2D eigenvalue weighted by Crippen LogP contribution is 2.21. The predicted molar refractivity (Wildman–Crippen MR) is 47.5 cm³/mol. The summed E-state index contributed by atoms with van der Waals surface area (Å²) in [5, 5.41) is 8.70. The van der Waals surface area contributed by atoms with Gasteiger partial charge in [-0.3, -0.25) is 4.79 Å². The van der Waals surface area contributed by atoms with Crippen LogP contribution in [0, 0.1) is 12.7 Å². The number of benzene rings is 1. The van der Waals surface area contributed by atoms with Crippen molar-refractivity contribution in [2.75, 3.05) is 0 Å². The second-order valence-electron chi connectivity index (χ2n) is 2.75. The van der Waals surface area contributed by atoms with Crippen LogP contribution in [0.1, 0.15) is 11.1 Å². The zero-order valence-corrected chi connectivity index (χ0v) is 7.73. The molecule has 0 aliphatic heterocycles. The monoisotopic (exact) mass is 202 g/mol. The number of carboxylic acid groups (broad SMARTS) is 1. The van der Waals surface area contributed by atoms with Crippen molar-refractivity contribution in [2.24, 2.45) is 0 Å². The van der Waals surface area contributed by atoms with E-state index in [1.165, 1.54) is 6.07 Å². The molecule has 0 saturated carbocycles. The maximum Gasteiger partial charge on any atom is 0.307 e. The van der Waals surface area contributed by atoms with E-state index in [0.717, 1.165) is 6.07 Å². The Morgan fingerprint density at radius 1 is 1.62 bits per heavy atom. The maximum absolute atomic E-state index is 12.7. The molecule has 70 valence electrons. The average molecular weight is 203 g/mol. The normalized spacial score (nSPS) is 10.1. The first kappa shape index (κ1) is 9.99. The zero-order chi connectivity index (χ0) is 10.0. The van der Waals surface area contributed by atoms with Gasteiger partial charge in [0.05, 0.1) is 6.42 Å². The molecular weight excluding hydrogens is 195 g/mol. The third kappa shape index (κ3) is 2.42. The van der Waals surface area contributed by atoms with Gasteiger partial charge in [-0.25, -0.2) is 4.39 Å². The smallest absolute Gasteiger partial charge is 0.307 e. The Balaban J connectivity index is 3.13. The molecule has 0 atom stereocenters. The molecule has 0 heterocycles. The molecule has 0 aliphatic carbocycles. The zero-order valence-electron chi connectivity index (χ0n) is 6.97. The van der Waals surface area contributed by atoms with Gasteiger partial charge in [-0.15, -0.1) is 0 Å². The first-order chi connectivity index (χ1) is 6.00. The lowest BCUT2D eigenvalue weighted by Gasteiger charge is -2.05. The molecule has 2 nitrogen and oxygen atoms in total. The minimum absolute atomic E-state index is 0.167. The predicted octanol–water partition coefficient (Wildman–Crippen LogP) is 2.41. The van der Waals surface area contributed by atoms with Gasteiger partial charge in [-0.05, 0) is 30.2 Å². The number of halogens is 2. The summed E-state index contributed by atoms with van der Waals surface area (Å²) >= 11 is 5.68. The summed E-state index contributed by atoms with van der Waals surface area (Å²) in [6.07, 6.45) is -0.176. The Labute approximate surface area is 80.0 Å². The van der Waals surface area contributed by atoms with Crippen LogP contribution in [0.15, 0.2) is 12.1 Å². The van der Waals surface area contributed by atoms with Crippen LogP contribution < -0.4 is 0 Å². The minimum atomic E-state index is -0.975. The number of carbonyl (C=O) groups is 1. The lowest BCUT2D eigenvalue weighted by Crippen LogP contribution is -2.03. The minimum Gasteiger partial charge on any atom is -0.481 e. The first-order valence-corrected chi connectivity index (χ1v) is 4.05. The molecule has 0 amide bonds. The Hall–Kier alpha value is -1.09. The van der Waals surface area contributed by atoms with Gasteiger partial charge in [0.2, 0.25) is 0 Å². The highest BCUT2D eigenvalue weighted by atomic mass is 35.5. The number of rotatable bonds is 2. The quantitative estimate of drug-likeness (QED) is 0.800. The van der Waals surface area contributed by atoms with Crippen molar-refractivity contribution in [1.82, 2.24) is 0 Å². The number of hydrogen-bond donors (Lipinski definition) is 1. The van der Waals surface area contributed by atoms with Crippen LogP contribution in [0.25, 0.3) is 0 Å². The molecule has 0 saturated heterocycles. The van der Waals surface area contributed by atoms with Gasteiger partial charge in [0.15, 0.2) is 0 Å². The van der Waals surface area contributed by atoms with Crippen molar-refractivity contribution in [1.29, 1.82) is 0 Å². The van der Waals surface area contributed by atoms with Crippen LogP contribution in [-0.2, 0) is 11.2 Å². The van der Waals surface area contributed by atoms with Crippen LogP contribution in [0.3, 0.4) is 0 Å². The molecule has 0 spiro atoms. The van der Waals surface area contributed by atoms with Gasteiger partial charge in [-0.1, -0.05) is 11.6 Å². The molecule has 0 aromatic heterocycles. The van der Waals surface area contributed by atoms with Crippen LogP contribution in [0.5, 0.6) is 0 Å². The van der Waals surface area contributed by atoms with Gasteiger partial charge in [0.25, 0.3) is 0 Å². The Morgan fingerprint density at radius 2 is 2.23 bits per heavy atom. The summed E-state index contributed by atoms with van der Waals surface area (Å²) < 4.78 is 12.7. The van der Waals surface area contributed by atoms with Crippen LogP contribution >= 0.6 is 11.6 Å². The first-order valence-electron chi connectivity index (χ1n) is 3.67. The van der Waals surface area contributed by atoms with E-state index in [9.17, 15) is 9.18 Å². The summed E-state index contributed by atoms with van der Waals surface area (Å²) in [5.41, 5.74) is 1.03. The number of aryl methyl sites for hydroxylation is 1. The molecule has 1 N–H and O–H groups in total. The fourth-order valence-electron chi connectivity index (χ4n) is 1.11. The molecule has 4 heteroatoms. The molecular formula is C9H8ClFO2. The van der Waals surface area contributed by atoms with Gasteiger partial charge in [0.1, 0.15) is 5.82 Å². The Kier molecular flexibility index (Phi) is 2.88. The molecule has 0 aliphatic rings. The maximum atomic E-state index is 12.7. The van der Waals surface area contributed by atoms with E-state index in [1.807, 2.05) is 0 Å². The van der Waals surface area contributed by atoms with E-state index in [0.29, 0.717) is 11.1 Å². The second-order valence-corrected chi connectivity index (χ2v) is 3.16. The summed E-state index contributed by atoms with van der Waals surface area (Å²) in [6.45, 7) is 1.63. The summed E-state index contributed by atoms with van der Waals surface area (Å²) in [4.78, 5) is 10.4. The highest BCUT2D eigenvalue weighted by Gasteiger charge is 2.09. The summed E-state index contributed by atoms with van der Waals surface area (Å²) in [6, 6.07) is 2.39. The van der Waals surface area contributed by atoms with Gasteiger partial charge >= 0.3 is 5.97 Å². The van der Waals surface area contributed by atoms with E-state index < -0.39 is 11.8 Å². The van der Waals surface area contributed by atoms with Crippen LogP contribution in [0.4, 0.5) is 4.39 Å². The SMILES string of the molecule is Cc1cc(F)cc(Cl)c1CC(=O)O. The van der Waals surface area contributed by atoms with E-state index >= 15 is 0 Å². The summed E-state index contributed by atoms with van der Waals surface area (Å²) in [7, 11) is 0. The Morgan fingerprint density at radius 3 is 2.69 bits per heavy atom. The van der Waals surface area contributed by atoms with Crippen molar-refractivity contribution < 1.29 is 14.3 Å². The molecule has 1 aromatic carbocycles. The third-order valence-corrected chi connectivity index (χ3v) is 2.05. The number of carboxylic acids is 1. The standard InChI is InChI=1S/C9H8ClFO2/c1-5-2-6(11)3-8(10)7(5)4-9(12)13/h2-3H,4H2,1H3,(H,12,13). The van der Waals surface area contributed by atoms with Crippen molar-refractivity contribution >= 4 is 17.6 Å². The highest BCUT2D eigenvalue weighted by molar-refractivity contribution is 6.31.